The van der Waals surface area contributed by atoms with E-state index in [1.54, 1.807) is 4.90 Å². The number of halogens is 1. The fourth-order valence-corrected chi connectivity index (χ4v) is 3.63. The molecule has 29 heavy (non-hydrogen) atoms. The van der Waals surface area contributed by atoms with Gasteiger partial charge in [0.1, 0.15) is 5.56 Å². The number of carbonyl (C=O) groups is 2. The van der Waals surface area contributed by atoms with Crippen LogP contribution in [0.25, 0.3) is 0 Å². The maximum atomic E-state index is 12.4. The predicted octanol–water partition coefficient (Wildman–Crippen LogP) is 3.89. The largest absolute Gasteiger partial charge is 0.452 e. The van der Waals surface area contributed by atoms with Gasteiger partial charge in [-0.15, -0.1) is 0 Å². The van der Waals surface area contributed by atoms with Crippen LogP contribution in [0.1, 0.15) is 28.8 Å². The molecule has 152 valence electrons. The molecule has 2 aromatic rings. The van der Waals surface area contributed by atoms with Crippen molar-refractivity contribution >= 4 is 29.2 Å². The lowest BCUT2D eigenvalue weighted by atomic mass is 9.90. The van der Waals surface area contributed by atoms with E-state index in [4.69, 9.17) is 16.3 Å². The second kappa shape index (κ2) is 9.52. The van der Waals surface area contributed by atoms with E-state index in [1.165, 1.54) is 17.7 Å². The second-order valence-electron chi connectivity index (χ2n) is 7.01. The molecule has 1 amide bonds. The monoisotopic (exact) mass is 416 g/mol. The molecule has 7 nitrogen and oxygen atoms in total. The number of likely N-dealkylation sites (tertiary alicyclic amines) is 1. The maximum absolute atomic E-state index is 12.4. The molecular weight excluding hydrogens is 396 g/mol. The van der Waals surface area contributed by atoms with Crippen LogP contribution in [0.4, 0.5) is 5.69 Å². The van der Waals surface area contributed by atoms with Gasteiger partial charge in [0.25, 0.3) is 11.6 Å². The van der Waals surface area contributed by atoms with Crippen LogP contribution in [0.3, 0.4) is 0 Å². The molecule has 1 aliphatic rings. The van der Waals surface area contributed by atoms with E-state index >= 15 is 0 Å². The summed E-state index contributed by atoms with van der Waals surface area (Å²) in [6, 6.07) is 13.9. The average Bonchev–Trinajstić information content (AvgIpc) is 2.72. The SMILES string of the molecule is O=C(OCC(=O)N1CCC(Cc2ccccc2)CC1)c1cc(Cl)ccc1[N+](=O)[O-]. The first-order valence-electron chi connectivity index (χ1n) is 9.37. The molecule has 0 unspecified atom stereocenters. The number of ether oxygens (including phenoxy) is 1. The van der Waals surface area contributed by atoms with Gasteiger partial charge in [-0.25, -0.2) is 4.79 Å². The summed E-state index contributed by atoms with van der Waals surface area (Å²) in [5.74, 6) is -0.731. The number of nitrogens with zero attached hydrogens (tertiary/aromatic N) is 2. The molecule has 0 aliphatic carbocycles. The highest BCUT2D eigenvalue weighted by Crippen LogP contribution is 2.24. The number of esters is 1. The summed E-state index contributed by atoms with van der Waals surface area (Å²) in [6.45, 7) is 0.752. The molecule has 2 aromatic carbocycles. The highest BCUT2D eigenvalue weighted by Gasteiger charge is 2.26. The molecule has 0 bridgehead atoms. The van der Waals surface area contributed by atoms with Crippen LogP contribution in [-0.2, 0) is 16.0 Å². The minimum absolute atomic E-state index is 0.175. The molecule has 3 rings (SSSR count). The summed E-state index contributed by atoms with van der Waals surface area (Å²) in [5, 5.41) is 11.2. The number of nitro groups is 1. The predicted molar refractivity (Wildman–Crippen MR) is 108 cm³/mol. The normalized spacial score (nSPS) is 14.4. The smallest absolute Gasteiger partial charge is 0.345 e. The van der Waals surface area contributed by atoms with Gasteiger partial charge in [0.15, 0.2) is 6.61 Å². The highest BCUT2D eigenvalue weighted by molar-refractivity contribution is 6.31. The lowest BCUT2D eigenvalue weighted by molar-refractivity contribution is -0.385. The Kier molecular flexibility index (Phi) is 6.82. The van der Waals surface area contributed by atoms with Crippen molar-refractivity contribution in [2.24, 2.45) is 5.92 Å². The first-order chi connectivity index (χ1) is 13.9. The Morgan fingerprint density at radius 2 is 1.83 bits per heavy atom. The van der Waals surface area contributed by atoms with Crippen LogP contribution < -0.4 is 0 Å². The summed E-state index contributed by atoms with van der Waals surface area (Å²) in [7, 11) is 0. The first kappa shape index (κ1) is 20.8. The third kappa shape index (κ3) is 5.54. The zero-order valence-electron chi connectivity index (χ0n) is 15.8. The number of nitro benzene ring substituents is 1. The van der Waals surface area contributed by atoms with E-state index in [0.717, 1.165) is 25.3 Å². The Bertz CT molecular complexity index is 895. The topological polar surface area (TPSA) is 89.8 Å². The van der Waals surface area contributed by atoms with Crippen molar-refractivity contribution < 1.29 is 19.2 Å². The van der Waals surface area contributed by atoms with Gasteiger partial charge in [0, 0.05) is 24.2 Å². The summed E-state index contributed by atoms with van der Waals surface area (Å²) in [6.07, 6.45) is 2.75. The van der Waals surface area contributed by atoms with Gasteiger partial charge in [0.05, 0.1) is 4.92 Å². The molecular formula is C21H21ClN2O5. The molecule has 1 aliphatic heterocycles. The summed E-state index contributed by atoms with van der Waals surface area (Å²) >= 11 is 5.82. The van der Waals surface area contributed by atoms with Crippen LogP contribution in [-0.4, -0.2) is 41.4 Å². The number of piperidine rings is 1. The fraction of sp³-hybridized carbons (Fsp3) is 0.333. The molecule has 1 heterocycles. The molecule has 0 N–H and O–H groups in total. The van der Waals surface area contributed by atoms with Gasteiger partial charge >= 0.3 is 5.97 Å². The van der Waals surface area contributed by atoms with Crippen molar-refractivity contribution in [3.05, 3.63) is 74.8 Å². The van der Waals surface area contributed by atoms with E-state index in [9.17, 15) is 19.7 Å². The Labute approximate surface area is 173 Å². The Hall–Kier alpha value is -2.93. The number of benzene rings is 2. The molecule has 1 saturated heterocycles. The summed E-state index contributed by atoms with van der Waals surface area (Å²) in [5.41, 5.74) is 0.611. The number of hydrogen-bond acceptors (Lipinski definition) is 5. The highest BCUT2D eigenvalue weighted by atomic mass is 35.5. The molecule has 8 heteroatoms. The standard InChI is InChI=1S/C21H21ClN2O5/c22-17-6-7-19(24(27)28)18(13-17)21(26)29-14-20(25)23-10-8-16(9-11-23)12-15-4-2-1-3-5-15/h1-7,13,16H,8-12,14H2. The van der Waals surface area contributed by atoms with Crippen LogP contribution in [0.15, 0.2) is 48.5 Å². The maximum Gasteiger partial charge on any atom is 0.345 e. The molecule has 0 radical (unpaired) electrons. The first-order valence-corrected chi connectivity index (χ1v) is 9.74. The molecule has 1 fully saturated rings. The Morgan fingerprint density at radius 1 is 1.14 bits per heavy atom. The summed E-state index contributed by atoms with van der Waals surface area (Å²) < 4.78 is 5.02. The van der Waals surface area contributed by atoms with Gasteiger partial charge in [-0.2, -0.15) is 0 Å². The van der Waals surface area contributed by atoms with Crippen LogP contribution in [0, 0.1) is 16.0 Å². The van der Waals surface area contributed by atoms with E-state index in [2.05, 4.69) is 12.1 Å². The van der Waals surface area contributed by atoms with Crippen molar-refractivity contribution in [3.8, 4) is 0 Å². The number of carbonyl (C=O) groups excluding carboxylic acids is 2. The minimum Gasteiger partial charge on any atom is -0.452 e. The third-order valence-corrected chi connectivity index (χ3v) is 5.27. The lowest BCUT2D eigenvalue weighted by Gasteiger charge is -2.32. The van der Waals surface area contributed by atoms with E-state index < -0.39 is 23.2 Å². The number of amides is 1. The number of rotatable bonds is 6. The van der Waals surface area contributed by atoms with Gasteiger partial charge < -0.3 is 9.64 Å². The fourth-order valence-electron chi connectivity index (χ4n) is 3.46. The van der Waals surface area contributed by atoms with Crippen LogP contribution >= 0.6 is 11.6 Å². The second-order valence-corrected chi connectivity index (χ2v) is 7.45. The molecule has 0 spiro atoms. The van der Waals surface area contributed by atoms with Crippen molar-refractivity contribution in [1.82, 2.24) is 4.90 Å². The van der Waals surface area contributed by atoms with E-state index in [0.29, 0.717) is 19.0 Å². The van der Waals surface area contributed by atoms with Crippen molar-refractivity contribution in [3.63, 3.8) is 0 Å². The molecule has 0 saturated carbocycles. The number of hydrogen-bond donors (Lipinski definition) is 0. The lowest BCUT2D eigenvalue weighted by Crippen LogP contribution is -2.41. The molecule has 0 atom stereocenters. The quantitative estimate of drug-likeness (QED) is 0.405. The molecule has 0 aromatic heterocycles. The van der Waals surface area contributed by atoms with Crippen molar-refractivity contribution in [2.75, 3.05) is 19.7 Å². The van der Waals surface area contributed by atoms with Gasteiger partial charge in [0.2, 0.25) is 0 Å². The van der Waals surface area contributed by atoms with Crippen LogP contribution in [0.5, 0.6) is 0 Å². The zero-order chi connectivity index (χ0) is 20.8. The van der Waals surface area contributed by atoms with Crippen molar-refractivity contribution in [1.29, 1.82) is 0 Å². The van der Waals surface area contributed by atoms with Gasteiger partial charge in [-0.05, 0) is 42.9 Å². The van der Waals surface area contributed by atoms with Crippen LogP contribution in [0.2, 0.25) is 5.02 Å². The van der Waals surface area contributed by atoms with E-state index in [1.807, 2.05) is 18.2 Å². The Morgan fingerprint density at radius 3 is 2.48 bits per heavy atom. The van der Waals surface area contributed by atoms with E-state index in [-0.39, 0.29) is 16.5 Å². The summed E-state index contributed by atoms with van der Waals surface area (Å²) in [4.78, 5) is 36.6. The third-order valence-electron chi connectivity index (χ3n) is 5.04. The van der Waals surface area contributed by atoms with Crippen molar-refractivity contribution in [2.45, 2.75) is 19.3 Å². The van der Waals surface area contributed by atoms with Gasteiger partial charge in [-0.1, -0.05) is 41.9 Å². The van der Waals surface area contributed by atoms with Gasteiger partial charge in [-0.3, -0.25) is 14.9 Å². The average molecular weight is 417 g/mol. The Balaban J connectivity index is 1.50. The minimum atomic E-state index is -0.938. The zero-order valence-corrected chi connectivity index (χ0v) is 16.5.